The van der Waals surface area contributed by atoms with Crippen LogP contribution in [0.1, 0.15) is 32.3 Å². The molecule has 110 valence electrons. The average Bonchev–Trinajstić information content (AvgIpc) is 2.70. The van der Waals surface area contributed by atoms with Crippen molar-refractivity contribution in [3.63, 3.8) is 0 Å². The first kappa shape index (κ1) is 15.0. The molecule has 0 saturated carbocycles. The molecule has 0 aromatic heterocycles. The first-order chi connectivity index (χ1) is 9.49. The van der Waals surface area contributed by atoms with Crippen molar-refractivity contribution in [2.45, 2.75) is 37.6 Å². The molecule has 0 spiro atoms. The average molecular weight is 295 g/mol. The highest BCUT2D eigenvalue weighted by Gasteiger charge is 2.30. The van der Waals surface area contributed by atoms with E-state index in [0.717, 1.165) is 12.8 Å². The van der Waals surface area contributed by atoms with E-state index >= 15 is 0 Å². The Balaban J connectivity index is 2.21. The summed E-state index contributed by atoms with van der Waals surface area (Å²) in [5.41, 5.74) is 6.75. The van der Waals surface area contributed by atoms with Crippen LogP contribution in [0, 0.1) is 5.92 Å². The van der Waals surface area contributed by atoms with E-state index < -0.39 is 10.0 Å². The highest BCUT2D eigenvalue weighted by molar-refractivity contribution is 7.90. The standard InChI is InChI=1S/C14H21N3O2S/c1-3-10(4-2)12(15)9-16-14-11-7-5-6-8-13(11)20(18,19)17-14/h5-8,10,12H,3-4,9,15H2,1-2H3,(H,16,17). The molecule has 1 atom stereocenters. The van der Waals surface area contributed by atoms with Crippen LogP contribution in [-0.2, 0) is 10.0 Å². The molecule has 0 bridgehead atoms. The lowest BCUT2D eigenvalue weighted by Gasteiger charge is -2.19. The molecule has 6 heteroatoms. The normalized spacial score (nSPS) is 19.9. The van der Waals surface area contributed by atoms with Gasteiger partial charge in [-0.25, -0.2) is 8.42 Å². The van der Waals surface area contributed by atoms with Crippen LogP contribution >= 0.6 is 0 Å². The molecule has 1 aliphatic heterocycles. The van der Waals surface area contributed by atoms with Crippen molar-refractivity contribution in [1.82, 2.24) is 4.72 Å². The van der Waals surface area contributed by atoms with E-state index in [-0.39, 0.29) is 10.9 Å². The summed E-state index contributed by atoms with van der Waals surface area (Å²) >= 11 is 0. The third-order valence-corrected chi connectivity index (χ3v) is 5.17. The van der Waals surface area contributed by atoms with Crippen molar-refractivity contribution in [2.24, 2.45) is 16.6 Å². The number of amidine groups is 1. The van der Waals surface area contributed by atoms with Crippen LogP contribution in [0.25, 0.3) is 0 Å². The molecular formula is C14H21N3O2S. The zero-order valence-corrected chi connectivity index (χ0v) is 12.7. The van der Waals surface area contributed by atoms with Crippen LogP contribution in [0.2, 0.25) is 0 Å². The summed E-state index contributed by atoms with van der Waals surface area (Å²) in [6, 6.07) is 6.80. The number of nitrogens with zero attached hydrogens (tertiary/aromatic N) is 1. The zero-order chi connectivity index (χ0) is 14.8. The summed E-state index contributed by atoms with van der Waals surface area (Å²) in [7, 11) is -3.46. The Morgan fingerprint density at radius 2 is 1.90 bits per heavy atom. The lowest BCUT2D eigenvalue weighted by atomic mass is 9.95. The molecule has 0 amide bonds. The van der Waals surface area contributed by atoms with Crippen LogP contribution in [0.15, 0.2) is 34.2 Å². The van der Waals surface area contributed by atoms with E-state index in [1.165, 1.54) is 0 Å². The molecular weight excluding hydrogens is 274 g/mol. The maximum Gasteiger partial charge on any atom is 0.263 e. The van der Waals surface area contributed by atoms with E-state index in [9.17, 15) is 8.42 Å². The van der Waals surface area contributed by atoms with Crippen molar-refractivity contribution < 1.29 is 8.42 Å². The maximum absolute atomic E-state index is 11.9. The smallest absolute Gasteiger partial charge is 0.263 e. The van der Waals surface area contributed by atoms with E-state index in [4.69, 9.17) is 5.73 Å². The number of rotatable bonds is 5. The number of hydrogen-bond acceptors (Lipinski definition) is 4. The molecule has 1 heterocycles. The fourth-order valence-corrected chi connectivity index (χ4v) is 3.74. The van der Waals surface area contributed by atoms with Gasteiger partial charge in [0.15, 0.2) is 0 Å². The topological polar surface area (TPSA) is 84.5 Å². The molecule has 20 heavy (non-hydrogen) atoms. The molecule has 0 radical (unpaired) electrons. The van der Waals surface area contributed by atoms with Gasteiger partial charge in [-0.1, -0.05) is 38.8 Å². The van der Waals surface area contributed by atoms with Gasteiger partial charge in [0.25, 0.3) is 10.0 Å². The highest BCUT2D eigenvalue weighted by atomic mass is 32.2. The summed E-state index contributed by atoms with van der Waals surface area (Å²) in [4.78, 5) is 4.67. The third kappa shape index (κ3) is 2.86. The molecule has 1 aromatic carbocycles. The van der Waals surface area contributed by atoms with Gasteiger partial charge in [0.1, 0.15) is 5.84 Å². The zero-order valence-electron chi connectivity index (χ0n) is 11.8. The lowest BCUT2D eigenvalue weighted by molar-refractivity contribution is 0.402. The SMILES string of the molecule is CCC(CC)C(N)CN=C1NS(=O)(=O)c2ccccc21. The second-order valence-electron chi connectivity index (χ2n) is 5.03. The predicted octanol–water partition coefficient (Wildman–Crippen LogP) is 1.49. The van der Waals surface area contributed by atoms with Gasteiger partial charge in [-0.3, -0.25) is 9.71 Å². The van der Waals surface area contributed by atoms with E-state index in [1.807, 2.05) is 0 Å². The first-order valence-electron chi connectivity index (χ1n) is 6.91. The quantitative estimate of drug-likeness (QED) is 0.863. The number of sulfonamides is 1. The van der Waals surface area contributed by atoms with Crippen molar-refractivity contribution in [1.29, 1.82) is 0 Å². The predicted molar refractivity (Wildman–Crippen MR) is 80.2 cm³/mol. The fraction of sp³-hybridized carbons (Fsp3) is 0.500. The minimum absolute atomic E-state index is 0.0465. The summed E-state index contributed by atoms with van der Waals surface area (Å²) in [6.07, 6.45) is 2.01. The Morgan fingerprint density at radius 1 is 1.25 bits per heavy atom. The second-order valence-corrected chi connectivity index (χ2v) is 6.68. The molecule has 0 fully saturated rings. The number of nitrogens with two attached hydrogens (primary N) is 1. The van der Waals surface area contributed by atoms with Crippen LogP contribution in [0.3, 0.4) is 0 Å². The maximum atomic E-state index is 11.9. The molecule has 5 nitrogen and oxygen atoms in total. The molecule has 2 rings (SSSR count). The van der Waals surface area contributed by atoms with Crippen LogP contribution in [0.5, 0.6) is 0 Å². The van der Waals surface area contributed by atoms with Gasteiger partial charge >= 0.3 is 0 Å². The van der Waals surface area contributed by atoms with E-state index in [1.54, 1.807) is 24.3 Å². The molecule has 1 aliphatic rings. The Labute approximate surface area is 120 Å². The first-order valence-corrected chi connectivity index (χ1v) is 8.40. The molecule has 1 unspecified atom stereocenters. The Morgan fingerprint density at radius 3 is 2.55 bits per heavy atom. The van der Waals surface area contributed by atoms with Gasteiger partial charge in [0.2, 0.25) is 0 Å². The van der Waals surface area contributed by atoms with Gasteiger partial charge in [-0.2, -0.15) is 0 Å². The van der Waals surface area contributed by atoms with Crippen molar-refractivity contribution in [2.75, 3.05) is 6.54 Å². The molecule has 0 aliphatic carbocycles. The number of fused-ring (bicyclic) bond motifs is 1. The van der Waals surface area contributed by atoms with Crippen LogP contribution in [0.4, 0.5) is 0 Å². The fourth-order valence-electron chi connectivity index (χ4n) is 2.49. The van der Waals surface area contributed by atoms with E-state index in [2.05, 4.69) is 23.6 Å². The monoisotopic (exact) mass is 295 g/mol. The third-order valence-electron chi connectivity index (χ3n) is 3.78. The Bertz CT molecular complexity index is 607. The van der Waals surface area contributed by atoms with Gasteiger partial charge in [0, 0.05) is 11.6 Å². The van der Waals surface area contributed by atoms with E-state index in [0.29, 0.717) is 23.9 Å². The Kier molecular flexibility index (Phi) is 4.45. The lowest BCUT2D eigenvalue weighted by Crippen LogP contribution is -2.33. The number of nitrogens with one attached hydrogen (secondary N) is 1. The number of benzene rings is 1. The van der Waals surface area contributed by atoms with Crippen molar-refractivity contribution >= 4 is 15.9 Å². The number of hydrogen-bond donors (Lipinski definition) is 2. The molecule has 1 aromatic rings. The van der Waals surface area contributed by atoms with Gasteiger partial charge in [-0.05, 0) is 18.1 Å². The minimum Gasteiger partial charge on any atom is -0.326 e. The van der Waals surface area contributed by atoms with Crippen molar-refractivity contribution in [3.8, 4) is 0 Å². The van der Waals surface area contributed by atoms with Crippen molar-refractivity contribution in [3.05, 3.63) is 29.8 Å². The summed E-state index contributed by atoms with van der Waals surface area (Å²) in [5, 5.41) is 0. The van der Waals surface area contributed by atoms with Gasteiger partial charge < -0.3 is 5.73 Å². The summed E-state index contributed by atoms with van der Waals surface area (Å²) in [5.74, 6) is 0.814. The van der Waals surface area contributed by atoms with Crippen LogP contribution < -0.4 is 10.5 Å². The molecule has 3 N–H and O–H groups in total. The van der Waals surface area contributed by atoms with Crippen LogP contribution in [-0.4, -0.2) is 26.8 Å². The molecule has 0 saturated heterocycles. The summed E-state index contributed by atoms with van der Waals surface area (Å²) < 4.78 is 26.4. The Hall–Kier alpha value is -1.40. The minimum atomic E-state index is -3.46. The van der Waals surface area contributed by atoms with Gasteiger partial charge in [-0.15, -0.1) is 0 Å². The summed E-state index contributed by atoms with van der Waals surface area (Å²) in [6.45, 7) is 4.64. The van der Waals surface area contributed by atoms with Gasteiger partial charge in [0.05, 0.1) is 11.4 Å². The second kappa shape index (κ2) is 5.93. The highest BCUT2D eigenvalue weighted by Crippen LogP contribution is 2.22. The largest absolute Gasteiger partial charge is 0.326 e. The number of aliphatic imine (C=N–C) groups is 1.